The Bertz CT molecular complexity index is 996. The molecule has 0 spiro atoms. The number of benzene rings is 1. The first-order valence-electron chi connectivity index (χ1n) is 9.42. The molecule has 1 N–H and O–H groups in total. The van der Waals surface area contributed by atoms with E-state index in [1.807, 2.05) is 19.1 Å². The van der Waals surface area contributed by atoms with Gasteiger partial charge in [-0.3, -0.25) is 4.79 Å². The number of carbonyl (C=O) groups is 1. The molecule has 1 amide bonds. The molecule has 28 heavy (non-hydrogen) atoms. The van der Waals surface area contributed by atoms with Crippen molar-refractivity contribution in [2.45, 2.75) is 45.1 Å². The molecule has 7 heteroatoms. The topological polar surface area (TPSA) is 60.1 Å². The molecule has 1 aliphatic carbocycles. The van der Waals surface area contributed by atoms with Gasteiger partial charge < -0.3 is 9.73 Å². The van der Waals surface area contributed by atoms with Crippen molar-refractivity contribution in [2.24, 2.45) is 0 Å². The Morgan fingerprint density at radius 3 is 2.89 bits per heavy atom. The summed E-state index contributed by atoms with van der Waals surface area (Å²) >= 11 is 0. The molecule has 0 saturated carbocycles. The number of rotatable bonds is 6. The largest absolute Gasteiger partial charge is 0.469 e. The Hall–Kier alpha value is -2.96. The molecule has 146 valence electrons. The second-order valence-electron chi connectivity index (χ2n) is 7.13. The van der Waals surface area contributed by atoms with Crippen LogP contribution in [-0.2, 0) is 19.3 Å². The standard InChI is InChI=1S/C21H21F2N3O2/c1-13(7-9-15-4-3-11-28-15)24-21(27)20-16-5-2-6-19(16)26(25-20)14-8-10-17(22)18(23)12-14/h3-4,8,10-13H,2,5-7,9H2,1H3,(H,24,27). The highest BCUT2D eigenvalue weighted by atomic mass is 19.2. The summed E-state index contributed by atoms with van der Waals surface area (Å²) in [7, 11) is 0. The number of halogens is 2. The van der Waals surface area contributed by atoms with Crippen molar-refractivity contribution in [3.05, 3.63) is 70.9 Å². The lowest BCUT2D eigenvalue weighted by molar-refractivity contribution is 0.0931. The maximum absolute atomic E-state index is 13.7. The van der Waals surface area contributed by atoms with Gasteiger partial charge in [0, 0.05) is 29.8 Å². The monoisotopic (exact) mass is 385 g/mol. The van der Waals surface area contributed by atoms with Crippen LogP contribution in [-0.4, -0.2) is 21.7 Å². The summed E-state index contributed by atoms with van der Waals surface area (Å²) in [6.45, 7) is 1.94. The van der Waals surface area contributed by atoms with Crippen LogP contribution >= 0.6 is 0 Å². The molecule has 1 aliphatic rings. The first-order valence-corrected chi connectivity index (χ1v) is 9.42. The van der Waals surface area contributed by atoms with E-state index in [0.29, 0.717) is 11.4 Å². The summed E-state index contributed by atoms with van der Waals surface area (Å²) < 4.78 is 33.8. The quantitative estimate of drug-likeness (QED) is 0.698. The number of carbonyl (C=O) groups excluding carboxylic acids is 1. The number of fused-ring (bicyclic) bond motifs is 1. The number of nitrogens with zero attached hydrogens (tertiary/aromatic N) is 2. The summed E-state index contributed by atoms with van der Waals surface area (Å²) in [4.78, 5) is 12.8. The van der Waals surface area contributed by atoms with E-state index in [2.05, 4.69) is 10.4 Å². The van der Waals surface area contributed by atoms with Crippen LogP contribution in [0.25, 0.3) is 5.69 Å². The average molecular weight is 385 g/mol. The van der Waals surface area contributed by atoms with Gasteiger partial charge in [-0.25, -0.2) is 13.5 Å². The predicted octanol–water partition coefficient (Wildman–Crippen LogP) is 3.98. The van der Waals surface area contributed by atoms with E-state index in [9.17, 15) is 13.6 Å². The zero-order chi connectivity index (χ0) is 19.7. The van der Waals surface area contributed by atoms with E-state index in [-0.39, 0.29) is 11.9 Å². The van der Waals surface area contributed by atoms with Gasteiger partial charge in [-0.2, -0.15) is 5.10 Å². The van der Waals surface area contributed by atoms with E-state index in [0.717, 1.165) is 61.3 Å². The summed E-state index contributed by atoms with van der Waals surface area (Å²) in [5.41, 5.74) is 2.56. The lowest BCUT2D eigenvalue weighted by atomic mass is 10.1. The highest BCUT2D eigenvalue weighted by molar-refractivity contribution is 5.94. The molecule has 0 aliphatic heterocycles. The Labute approximate surface area is 161 Å². The maximum atomic E-state index is 13.7. The highest BCUT2D eigenvalue weighted by Gasteiger charge is 2.27. The van der Waals surface area contributed by atoms with Crippen LogP contribution in [0.5, 0.6) is 0 Å². The number of hydrogen-bond donors (Lipinski definition) is 1. The number of hydrogen-bond acceptors (Lipinski definition) is 3. The van der Waals surface area contributed by atoms with Gasteiger partial charge in [0.25, 0.3) is 5.91 Å². The van der Waals surface area contributed by atoms with E-state index in [1.165, 1.54) is 6.07 Å². The third-order valence-corrected chi connectivity index (χ3v) is 5.07. The minimum atomic E-state index is -0.933. The van der Waals surface area contributed by atoms with E-state index < -0.39 is 11.6 Å². The molecule has 1 atom stereocenters. The Kier molecular flexibility index (Phi) is 4.98. The number of aromatic nitrogens is 2. The Morgan fingerprint density at radius 2 is 2.14 bits per heavy atom. The minimum Gasteiger partial charge on any atom is -0.469 e. The van der Waals surface area contributed by atoms with Crippen LogP contribution in [0, 0.1) is 11.6 Å². The van der Waals surface area contributed by atoms with Gasteiger partial charge in [0.1, 0.15) is 5.76 Å². The predicted molar refractivity (Wildman–Crippen MR) is 99.5 cm³/mol. The summed E-state index contributed by atoms with van der Waals surface area (Å²) in [5, 5.41) is 7.42. The van der Waals surface area contributed by atoms with Crippen molar-refractivity contribution in [3.63, 3.8) is 0 Å². The van der Waals surface area contributed by atoms with Crippen molar-refractivity contribution in [1.29, 1.82) is 0 Å². The summed E-state index contributed by atoms with van der Waals surface area (Å²) in [6, 6.07) is 7.34. The molecule has 0 radical (unpaired) electrons. The van der Waals surface area contributed by atoms with E-state index in [4.69, 9.17) is 4.42 Å². The average Bonchev–Trinajstić information content (AvgIpc) is 3.40. The molecule has 2 aromatic heterocycles. The third kappa shape index (κ3) is 3.56. The van der Waals surface area contributed by atoms with Crippen LogP contribution in [0.1, 0.15) is 47.3 Å². The van der Waals surface area contributed by atoms with Crippen molar-refractivity contribution in [2.75, 3.05) is 0 Å². The minimum absolute atomic E-state index is 0.0527. The smallest absolute Gasteiger partial charge is 0.272 e. The van der Waals surface area contributed by atoms with Gasteiger partial charge in [0.15, 0.2) is 17.3 Å². The molecule has 0 saturated heterocycles. The van der Waals surface area contributed by atoms with Gasteiger partial charge in [0.05, 0.1) is 12.0 Å². The van der Waals surface area contributed by atoms with Crippen molar-refractivity contribution < 1.29 is 18.0 Å². The molecule has 5 nitrogen and oxygen atoms in total. The zero-order valence-electron chi connectivity index (χ0n) is 15.5. The molecule has 2 heterocycles. The number of amides is 1. The van der Waals surface area contributed by atoms with Gasteiger partial charge in [0.2, 0.25) is 0 Å². The Balaban J connectivity index is 1.53. The fraction of sp³-hybridized carbons (Fsp3) is 0.333. The molecule has 0 bridgehead atoms. The SMILES string of the molecule is CC(CCc1ccco1)NC(=O)c1nn(-c2ccc(F)c(F)c2)c2c1CCC2. The van der Waals surface area contributed by atoms with Gasteiger partial charge in [-0.15, -0.1) is 0 Å². The number of aryl methyl sites for hydroxylation is 1. The van der Waals surface area contributed by atoms with Gasteiger partial charge in [-0.05, 0) is 56.9 Å². The molecule has 4 rings (SSSR count). The lowest BCUT2D eigenvalue weighted by Gasteiger charge is -2.12. The second-order valence-corrected chi connectivity index (χ2v) is 7.13. The molecule has 1 unspecified atom stereocenters. The van der Waals surface area contributed by atoms with Gasteiger partial charge in [-0.1, -0.05) is 0 Å². The van der Waals surface area contributed by atoms with Crippen LogP contribution in [0.4, 0.5) is 8.78 Å². The summed E-state index contributed by atoms with van der Waals surface area (Å²) in [5.74, 6) is -1.20. The molecular weight excluding hydrogens is 364 g/mol. The lowest BCUT2D eigenvalue weighted by Crippen LogP contribution is -2.33. The van der Waals surface area contributed by atoms with E-state index >= 15 is 0 Å². The number of nitrogens with one attached hydrogen (secondary N) is 1. The summed E-state index contributed by atoms with van der Waals surface area (Å²) in [6.07, 6.45) is 5.52. The fourth-order valence-electron chi connectivity index (χ4n) is 3.63. The molecular formula is C21H21F2N3O2. The number of furan rings is 1. The van der Waals surface area contributed by atoms with Crippen molar-refractivity contribution >= 4 is 5.91 Å². The third-order valence-electron chi connectivity index (χ3n) is 5.07. The second kappa shape index (κ2) is 7.58. The van der Waals surface area contributed by atoms with Crippen molar-refractivity contribution in [3.8, 4) is 5.69 Å². The van der Waals surface area contributed by atoms with Crippen LogP contribution in [0.3, 0.4) is 0 Å². The van der Waals surface area contributed by atoms with Gasteiger partial charge >= 0.3 is 0 Å². The zero-order valence-corrected chi connectivity index (χ0v) is 15.5. The molecule has 0 fully saturated rings. The van der Waals surface area contributed by atoms with E-state index in [1.54, 1.807) is 10.9 Å². The van der Waals surface area contributed by atoms with Crippen LogP contribution < -0.4 is 5.32 Å². The molecule has 3 aromatic rings. The highest BCUT2D eigenvalue weighted by Crippen LogP contribution is 2.28. The Morgan fingerprint density at radius 1 is 1.29 bits per heavy atom. The van der Waals surface area contributed by atoms with Crippen LogP contribution in [0.15, 0.2) is 41.0 Å². The first kappa shape index (κ1) is 18.4. The molecule has 1 aromatic carbocycles. The van der Waals surface area contributed by atoms with Crippen molar-refractivity contribution in [1.82, 2.24) is 15.1 Å². The normalized spacial score (nSPS) is 14.1. The maximum Gasteiger partial charge on any atom is 0.272 e. The fourth-order valence-corrected chi connectivity index (χ4v) is 3.63. The van der Waals surface area contributed by atoms with Crippen LogP contribution in [0.2, 0.25) is 0 Å². The first-order chi connectivity index (χ1) is 13.5.